The highest BCUT2D eigenvalue weighted by Crippen LogP contribution is 2.33. The van der Waals surface area contributed by atoms with Crippen LogP contribution in [0, 0.1) is 0 Å². The van der Waals surface area contributed by atoms with E-state index < -0.39 is 0 Å². The average Bonchev–Trinajstić information content (AvgIpc) is 3.45. The van der Waals surface area contributed by atoms with E-state index in [2.05, 4.69) is 37.9 Å². The third-order valence-electron chi connectivity index (χ3n) is 5.76. The number of oxazole rings is 1. The van der Waals surface area contributed by atoms with Crippen LogP contribution in [0.25, 0.3) is 33.9 Å². The number of halogens is 1. The van der Waals surface area contributed by atoms with Crippen molar-refractivity contribution in [2.24, 2.45) is 0 Å². The van der Waals surface area contributed by atoms with Crippen molar-refractivity contribution in [1.82, 2.24) is 24.6 Å². The second-order valence-corrected chi connectivity index (χ2v) is 8.38. The van der Waals surface area contributed by atoms with Crippen molar-refractivity contribution in [3.8, 4) is 33.9 Å². The second-order valence-electron chi connectivity index (χ2n) is 7.94. The third kappa shape index (κ3) is 4.06. The number of nitrogens with zero attached hydrogens (tertiary/aromatic N) is 5. The number of pyridine rings is 1. The first-order valence-corrected chi connectivity index (χ1v) is 10.7. The predicted molar refractivity (Wildman–Crippen MR) is 122 cm³/mol. The summed E-state index contributed by atoms with van der Waals surface area (Å²) in [4.78, 5) is 11.1. The molecule has 1 saturated heterocycles. The predicted octanol–water partition coefficient (Wildman–Crippen LogP) is 4.77. The van der Waals surface area contributed by atoms with Gasteiger partial charge in [-0.1, -0.05) is 23.7 Å². The van der Waals surface area contributed by atoms with Crippen LogP contribution in [0.2, 0.25) is 5.02 Å². The van der Waals surface area contributed by atoms with Gasteiger partial charge in [0.1, 0.15) is 5.82 Å². The van der Waals surface area contributed by atoms with Gasteiger partial charge in [-0.25, -0.2) is 9.97 Å². The number of hydrogen-bond donors (Lipinski definition) is 1. The molecule has 8 heteroatoms. The largest absolute Gasteiger partial charge is 0.436 e. The lowest BCUT2D eigenvalue weighted by atomic mass is 10.1. The molecule has 31 heavy (non-hydrogen) atoms. The highest BCUT2D eigenvalue weighted by atomic mass is 35.5. The van der Waals surface area contributed by atoms with Crippen molar-refractivity contribution in [3.05, 3.63) is 60.1 Å². The molecule has 1 fully saturated rings. The Balaban J connectivity index is 1.43. The molecule has 0 amide bonds. The zero-order valence-electron chi connectivity index (χ0n) is 17.2. The van der Waals surface area contributed by atoms with Gasteiger partial charge in [0.25, 0.3) is 0 Å². The number of hydrogen-bond acceptors (Lipinski definition) is 6. The monoisotopic (exact) mass is 434 g/mol. The average molecular weight is 435 g/mol. The molecule has 3 aromatic heterocycles. The molecule has 0 aliphatic carbocycles. The normalized spacial score (nSPS) is 15.4. The summed E-state index contributed by atoms with van der Waals surface area (Å²) in [5, 5.41) is 5.24. The Kier molecular flexibility index (Phi) is 5.21. The molecule has 0 radical (unpaired) electrons. The lowest BCUT2D eigenvalue weighted by Gasteiger charge is -2.28. The van der Waals surface area contributed by atoms with Crippen LogP contribution in [0.1, 0.15) is 18.9 Å². The van der Waals surface area contributed by atoms with Crippen LogP contribution in [0.3, 0.4) is 0 Å². The number of anilines is 1. The number of aromatic nitrogens is 4. The molecule has 2 N–H and O–H groups in total. The summed E-state index contributed by atoms with van der Waals surface area (Å²) in [6.45, 7) is 2.18. The van der Waals surface area contributed by atoms with Gasteiger partial charge >= 0.3 is 0 Å². The molecule has 0 unspecified atom stereocenters. The number of likely N-dealkylation sites (tertiary alicyclic amines) is 1. The van der Waals surface area contributed by atoms with Gasteiger partial charge in [0.05, 0.1) is 24.0 Å². The molecule has 4 heterocycles. The molecular weight excluding hydrogens is 412 g/mol. The number of nitrogens with two attached hydrogens (primary N) is 1. The van der Waals surface area contributed by atoms with Crippen molar-refractivity contribution >= 4 is 17.4 Å². The van der Waals surface area contributed by atoms with Gasteiger partial charge in [0.15, 0.2) is 5.76 Å². The minimum atomic E-state index is 0.367. The lowest BCUT2D eigenvalue weighted by molar-refractivity contribution is 0.212. The molecule has 1 aromatic carbocycles. The van der Waals surface area contributed by atoms with Crippen LogP contribution in [-0.4, -0.2) is 44.8 Å². The Hall–Kier alpha value is -3.16. The molecule has 158 valence electrons. The summed E-state index contributed by atoms with van der Waals surface area (Å²) in [5.74, 6) is 1.41. The van der Waals surface area contributed by atoms with E-state index >= 15 is 0 Å². The molecule has 0 bridgehead atoms. The van der Waals surface area contributed by atoms with Crippen molar-refractivity contribution in [2.45, 2.75) is 18.9 Å². The Labute approximate surface area is 185 Å². The number of benzene rings is 1. The summed E-state index contributed by atoms with van der Waals surface area (Å²) >= 11 is 6.10. The first-order valence-electron chi connectivity index (χ1n) is 10.3. The van der Waals surface area contributed by atoms with Gasteiger partial charge in [-0.05, 0) is 51.2 Å². The minimum absolute atomic E-state index is 0.367. The topological polar surface area (TPSA) is 86.0 Å². The molecular formula is C23H23ClN6O. The van der Waals surface area contributed by atoms with Crippen LogP contribution in [-0.2, 0) is 0 Å². The van der Waals surface area contributed by atoms with Crippen LogP contribution >= 0.6 is 11.6 Å². The molecule has 0 spiro atoms. The quantitative estimate of drug-likeness (QED) is 0.498. The first kappa shape index (κ1) is 19.8. The highest BCUT2D eigenvalue weighted by Gasteiger charge is 2.20. The van der Waals surface area contributed by atoms with Crippen LogP contribution < -0.4 is 5.73 Å². The van der Waals surface area contributed by atoms with E-state index in [-0.39, 0.29) is 0 Å². The fourth-order valence-corrected chi connectivity index (χ4v) is 4.11. The van der Waals surface area contributed by atoms with Crippen molar-refractivity contribution < 1.29 is 4.42 Å². The first-order chi connectivity index (χ1) is 15.1. The van der Waals surface area contributed by atoms with Crippen LogP contribution in [0.4, 0.5) is 5.82 Å². The Morgan fingerprint density at radius 2 is 1.87 bits per heavy atom. The zero-order valence-corrected chi connectivity index (χ0v) is 18.0. The maximum absolute atomic E-state index is 6.15. The Bertz CT molecular complexity index is 1210. The van der Waals surface area contributed by atoms with Gasteiger partial charge in [-0.15, -0.1) is 0 Å². The van der Waals surface area contributed by atoms with Gasteiger partial charge in [0, 0.05) is 34.1 Å². The maximum Gasteiger partial charge on any atom is 0.230 e. The molecule has 5 rings (SSSR count). The van der Waals surface area contributed by atoms with Gasteiger partial charge < -0.3 is 15.1 Å². The van der Waals surface area contributed by atoms with Crippen molar-refractivity contribution in [1.29, 1.82) is 0 Å². The molecule has 1 aliphatic heterocycles. The van der Waals surface area contributed by atoms with E-state index in [4.69, 9.17) is 21.8 Å². The number of rotatable bonds is 4. The summed E-state index contributed by atoms with van der Waals surface area (Å²) in [6, 6.07) is 9.83. The fourth-order valence-electron chi connectivity index (χ4n) is 3.92. The summed E-state index contributed by atoms with van der Waals surface area (Å²) in [7, 11) is 2.16. The lowest BCUT2D eigenvalue weighted by Crippen LogP contribution is -2.31. The molecule has 4 aromatic rings. The molecule has 0 saturated carbocycles. The van der Waals surface area contributed by atoms with Gasteiger partial charge in [0.2, 0.25) is 5.89 Å². The standard InChI is InChI=1S/C23H23ClN6O/c1-29-7-5-19(6-8-29)30-14-17(12-28-30)16-10-20(22(25)26-11-16)23-27-13-21(31-23)15-3-2-4-18(24)9-15/h2-4,9-14,19H,5-8H2,1H3,(H2,25,26). The van der Waals surface area contributed by atoms with Crippen LogP contribution in [0.15, 0.2) is 59.5 Å². The SMILES string of the molecule is CN1CCC(n2cc(-c3cnc(N)c(-c4ncc(-c5cccc(Cl)c5)o4)c3)cn2)CC1. The van der Waals surface area contributed by atoms with E-state index in [1.165, 1.54) is 0 Å². The fraction of sp³-hybridized carbons (Fsp3) is 0.261. The smallest absolute Gasteiger partial charge is 0.230 e. The zero-order chi connectivity index (χ0) is 21.4. The summed E-state index contributed by atoms with van der Waals surface area (Å²) in [5.41, 5.74) is 9.57. The van der Waals surface area contributed by atoms with E-state index in [9.17, 15) is 0 Å². The van der Waals surface area contributed by atoms with Gasteiger partial charge in [-0.3, -0.25) is 4.68 Å². The second kappa shape index (κ2) is 8.17. The van der Waals surface area contributed by atoms with Crippen molar-refractivity contribution in [2.75, 3.05) is 25.9 Å². The van der Waals surface area contributed by atoms with E-state index in [1.54, 1.807) is 12.4 Å². The Morgan fingerprint density at radius 1 is 1.03 bits per heavy atom. The summed E-state index contributed by atoms with van der Waals surface area (Å²) < 4.78 is 8.05. The molecule has 7 nitrogen and oxygen atoms in total. The van der Waals surface area contributed by atoms with E-state index in [0.29, 0.717) is 34.1 Å². The number of piperidine rings is 1. The minimum Gasteiger partial charge on any atom is -0.436 e. The summed E-state index contributed by atoms with van der Waals surface area (Å²) in [6.07, 6.45) is 9.60. The van der Waals surface area contributed by atoms with Crippen LogP contribution in [0.5, 0.6) is 0 Å². The van der Waals surface area contributed by atoms with E-state index in [1.807, 2.05) is 36.5 Å². The van der Waals surface area contributed by atoms with Crippen molar-refractivity contribution in [3.63, 3.8) is 0 Å². The molecule has 0 atom stereocenters. The maximum atomic E-state index is 6.15. The van der Waals surface area contributed by atoms with E-state index in [0.717, 1.165) is 42.6 Å². The van der Waals surface area contributed by atoms with Gasteiger partial charge in [-0.2, -0.15) is 5.10 Å². The third-order valence-corrected chi connectivity index (χ3v) is 6.00. The Morgan fingerprint density at radius 3 is 2.68 bits per heavy atom. The number of nitrogen functional groups attached to an aromatic ring is 1. The highest BCUT2D eigenvalue weighted by molar-refractivity contribution is 6.30. The molecule has 1 aliphatic rings.